The van der Waals surface area contributed by atoms with E-state index in [0.717, 1.165) is 36.5 Å². The van der Waals surface area contributed by atoms with Crippen LogP contribution in [0, 0.1) is 5.92 Å². The van der Waals surface area contributed by atoms with E-state index in [1.165, 1.54) is 11.3 Å². The molecule has 2 aromatic carbocycles. The first-order valence-corrected chi connectivity index (χ1v) is 10.7. The molecule has 31 heavy (non-hydrogen) atoms. The van der Waals surface area contributed by atoms with Crippen molar-refractivity contribution in [3.05, 3.63) is 83.8 Å². The second-order valence-electron chi connectivity index (χ2n) is 8.20. The van der Waals surface area contributed by atoms with Crippen molar-refractivity contribution < 1.29 is 14.0 Å². The van der Waals surface area contributed by atoms with Gasteiger partial charge in [-0.3, -0.25) is 9.59 Å². The Morgan fingerprint density at radius 1 is 1.00 bits per heavy atom. The summed E-state index contributed by atoms with van der Waals surface area (Å²) in [4.78, 5) is 29.4. The summed E-state index contributed by atoms with van der Waals surface area (Å²) in [6.07, 6.45) is 2.87. The predicted octanol–water partition coefficient (Wildman–Crippen LogP) is 3.83. The van der Waals surface area contributed by atoms with E-state index in [4.69, 9.17) is 4.42 Å². The van der Waals surface area contributed by atoms with Crippen molar-refractivity contribution in [3.8, 4) is 0 Å². The number of nitrogens with one attached hydrogen (secondary N) is 1. The molecule has 158 valence electrons. The molecule has 6 heteroatoms. The van der Waals surface area contributed by atoms with E-state index in [1.54, 1.807) is 17.2 Å². The molecule has 6 nitrogen and oxygen atoms in total. The lowest BCUT2D eigenvalue weighted by molar-refractivity contribution is -0.128. The molecule has 0 bridgehead atoms. The zero-order valence-electron chi connectivity index (χ0n) is 17.3. The number of benzene rings is 2. The average Bonchev–Trinajstić information content (AvgIpc) is 3.52. The second kappa shape index (κ2) is 8.30. The van der Waals surface area contributed by atoms with Crippen molar-refractivity contribution in [1.29, 1.82) is 0 Å². The molecule has 2 aliphatic heterocycles. The van der Waals surface area contributed by atoms with E-state index < -0.39 is 0 Å². The Labute approximate surface area is 181 Å². The smallest absolute Gasteiger partial charge is 0.229 e. The van der Waals surface area contributed by atoms with Crippen LogP contribution < -0.4 is 10.2 Å². The van der Waals surface area contributed by atoms with Crippen LogP contribution in [0.1, 0.15) is 23.3 Å². The standard InChI is InChI=1S/C25H25N3O3/c29-24-14-20(16-28(24)17-21-8-5-13-31-21)25(30)26-22-9-3-1-7-19(22)15-27-12-11-18-6-2-4-10-23(18)27/h1-10,13,20H,11-12,14-17H2,(H,26,30). The summed E-state index contributed by atoms with van der Waals surface area (Å²) in [7, 11) is 0. The minimum atomic E-state index is -0.358. The van der Waals surface area contributed by atoms with E-state index in [-0.39, 0.29) is 24.2 Å². The lowest BCUT2D eigenvalue weighted by Crippen LogP contribution is -2.28. The third-order valence-electron chi connectivity index (χ3n) is 6.13. The van der Waals surface area contributed by atoms with E-state index >= 15 is 0 Å². The van der Waals surface area contributed by atoms with Crippen molar-refractivity contribution in [2.24, 2.45) is 5.92 Å². The maximum Gasteiger partial charge on any atom is 0.229 e. The van der Waals surface area contributed by atoms with Crippen LogP contribution in [0.3, 0.4) is 0 Å². The third-order valence-corrected chi connectivity index (χ3v) is 6.13. The quantitative estimate of drug-likeness (QED) is 0.665. The molecule has 2 amide bonds. The average molecular weight is 415 g/mol. The zero-order valence-corrected chi connectivity index (χ0v) is 17.3. The van der Waals surface area contributed by atoms with Crippen LogP contribution in [0.25, 0.3) is 0 Å². The first-order valence-electron chi connectivity index (χ1n) is 10.7. The van der Waals surface area contributed by atoms with Gasteiger partial charge < -0.3 is 19.5 Å². The molecular weight excluding hydrogens is 390 g/mol. The maximum absolute atomic E-state index is 13.0. The number of hydrogen-bond donors (Lipinski definition) is 1. The number of fused-ring (bicyclic) bond motifs is 1. The van der Waals surface area contributed by atoms with Crippen molar-refractivity contribution in [2.45, 2.75) is 25.9 Å². The largest absolute Gasteiger partial charge is 0.467 e. The number of para-hydroxylation sites is 2. The number of furan rings is 1. The van der Waals surface area contributed by atoms with Crippen LogP contribution in [-0.2, 0) is 29.1 Å². The highest BCUT2D eigenvalue weighted by Gasteiger charge is 2.35. The van der Waals surface area contributed by atoms with Crippen LogP contribution in [0.4, 0.5) is 11.4 Å². The molecule has 0 radical (unpaired) electrons. The van der Waals surface area contributed by atoms with Gasteiger partial charge in [-0.1, -0.05) is 36.4 Å². The summed E-state index contributed by atoms with van der Waals surface area (Å²) in [6.45, 7) is 2.52. The van der Waals surface area contributed by atoms with Crippen LogP contribution in [-0.4, -0.2) is 29.8 Å². The molecule has 1 unspecified atom stereocenters. The Hall–Kier alpha value is -3.54. The third kappa shape index (κ3) is 4.06. The first kappa shape index (κ1) is 19.4. The zero-order chi connectivity index (χ0) is 21.2. The number of hydrogen-bond acceptors (Lipinski definition) is 4. The Morgan fingerprint density at radius 3 is 2.71 bits per heavy atom. The van der Waals surface area contributed by atoms with Crippen molar-refractivity contribution >= 4 is 23.2 Å². The van der Waals surface area contributed by atoms with Gasteiger partial charge in [0.15, 0.2) is 0 Å². The molecule has 0 spiro atoms. The first-order chi connectivity index (χ1) is 15.2. The number of carbonyl (C=O) groups is 2. The molecule has 1 atom stereocenters. The minimum absolute atomic E-state index is 0.0153. The summed E-state index contributed by atoms with van der Waals surface area (Å²) >= 11 is 0. The van der Waals surface area contributed by atoms with Crippen molar-refractivity contribution in [3.63, 3.8) is 0 Å². The number of likely N-dealkylation sites (tertiary alicyclic amines) is 1. The van der Waals surface area contributed by atoms with Crippen LogP contribution in [0.2, 0.25) is 0 Å². The normalized spacial score (nSPS) is 17.8. The minimum Gasteiger partial charge on any atom is -0.467 e. The van der Waals surface area contributed by atoms with E-state index in [0.29, 0.717) is 13.1 Å². The topological polar surface area (TPSA) is 65.8 Å². The van der Waals surface area contributed by atoms with E-state index in [2.05, 4.69) is 40.5 Å². The summed E-state index contributed by atoms with van der Waals surface area (Å²) < 4.78 is 5.34. The Kier molecular flexibility index (Phi) is 5.20. The van der Waals surface area contributed by atoms with E-state index in [1.807, 2.05) is 24.3 Å². The molecule has 1 fully saturated rings. The van der Waals surface area contributed by atoms with Gasteiger partial charge in [-0.25, -0.2) is 0 Å². The summed E-state index contributed by atoms with van der Waals surface area (Å²) in [6, 6.07) is 20.0. The van der Waals surface area contributed by atoms with Crippen LogP contribution in [0.15, 0.2) is 71.3 Å². The van der Waals surface area contributed by atoms with Gasteiger partial charge in [-0.15, -0.1) is 0 Å². The highest BCUT2D eigenvalue weighted by Crippen LogP contribution is 2.30. The fourth-order valence-electron chi connectivity index (χ4n) is 4.48. The number of carbonyl (C=O) groups excluding carboxylic acids is 2. The van der Waals surface area contributed by atoms with Gasteiger partial charge in [-0.05, 0) is 41.8 Å². The van der Waals surface area contributed by atoms with Gasteiger partial charge >= 0.3 is 0 Å². The lowest BCUT2D eigenvalue weighted by Gasteiger charge is -2.22. The Balaban J connectivity index is 1.26. The van der Waals surface area contributed by atoms with Crippen LogP contribution >= 0.6 is 0 Å². The number of nitrogens with zero attached hydrogens (tertiary/aromatic N) is 2. The van der Waals surface area contributed by atoms with Crippen molar-refractivity contribution in [2.75, 3.05) is 23.3 Å². The summed E-state index contributed by atoms with van der Waals surface area (Å²) in [5.74, 6) is 0.247. The molecule has 1 N–H and O–H groups in total. The SMILES string of the molecule is O=C(Nc1ccccc1CN1CCc2ccccc21)C1CC(=O)N(Cc2ccco2)C1. The molecular formula is C25H25N3O3. The van der Waals surface area contributed by atoms with Gasteiger partial charge in [0, 0.05) is 37.4 Å². The van der Waals surface area contributed by atoms with E-state index in [9.17, 15) is 9.59 Å². The number of amides is 2. The van der Waals surface area contributed by atoms with Gasteiger partial charge in [0.2, 0.25) is 11.8 Å². The van der Waals surface area contributed by atoms with Crippen LogP contribution in [0.5, 0.6) is 0 Å². The monoisotopic (exact) mass is 415 g/mol. The maximum atomic E-state index is 13.0. The molecule has 1 saturated heterocycles. The lowest BCUT2D eigenvalue weighted by atomic mass is 10.1. The van der Waals surface area contributed by atoms with Gasteiger partial charge in [-0.2, -0.15) is 0 Å². The fraction of sp³-hybridized carbons (Fsp3) is 0.280. The van der Waals surface area contributed by atoms with Gasteiger partial charge in [0.25, 0.3) is 0 Å². The Bertz CT molecular complexity index is 1090. The summed E-state index contributed by atoms with van der Waals surface area (Å²) in [5.41, 5.74) is 4.52. The molecule has 3 aromatic rings. The molecule has 3 heterocycles. The number of rotatable bonds is 6. The molecule has 0 aliphatic carbocycles. The van der Waals surface area contributed by atoms with Crippen molar-refractivity contribution in [1.82, 2.24) is 4.90 Å². The predicted molar refractivity (Wildman–Crippen MR) is 118 cm³/mol. The second-order valence-corrected chi connectivity index (χ2v) is 8.20. The molecule has 2 aliphatic rings. The molecule has 0 saturated carbocycles. The highest BCUT2D eigenvalue weighted by molar-refractivity contribution is 5.97. The van der Waals surface area contributed by atoms with Gasteiger partial charge in [0.05, 0.1) is 18.7 Å². The highest BCUT2D eigenvalue weighted by atomic mass is 16.3. The molecule has 1 aromatic heterocycles. The fourth-order valence-corrected chi connectivity index (χ4v) is 4.48. The Morgan fingerprint density at radius 2 is 1.84 bits per heavy atom. The number of anilines is 2. The molecule has 5 rings (SSSR count). The van der Waals surface area contributed by atoms with Gasteiger partial charge in [0.1, 0.15) is 5.76 Å². The summed E-state index contributed by atoms with van der Waals surface area (Å²) in [5, 5.41) is 3.08.